The zero-order valence-corrected chi connectivity index (χ0v) is 16.7. The topological polar surface area (TPSA) is 65.6 Å². The summed E-state index contributed by atoms with van der Waals surface area (Å²) in [7, 11) is 0. The summed E-state index contributed by atoms with van der Waals surface area (Å²) in [5.74, 6) is 0. The van der Waals surface area contributed by atoms with Gasteiger partial charge in [-0.3, -0.25) is 13.9 Å². The minimum atomic E-state index is -0.0736. The van der Waals surface area contributed by atoms with E-state index in [-0.39, 0.29) is 5.56 Å². The van der Waals surface area contributed by atoms with Crippen molar-refractivity contribution in [3.63, 3.8) is 0 Å². The fourth-order valence-electron chi connectivity index (χ4n) is 3.86. The second-order valence-electron chi connectivity index (χ2n) is 7.45. The third-order valence-electron chi connectivity index (χ3n) is 5.30. The molecule has 0 aliphatic carbocycles. The summed E-state index contributed by atoms with van der Waals surface area (Å²) >= 11 is 0. The van der Waals surface area contributed by atoms with Crippen molar-refractivity contribution in [3.05, 3.63) is 70.3 Å². The molecule has 3 aromatic heterocycles. The highest BCUT2D eigenvalue weighted by Gasteiger charge is 2.21. The zero-order chi connectivity index (χ0) is 20.1. The molecule has 0 amide bonds. The van der Waals surface area contributed by atoms with Crippen LogP contribution in [0.15, 0.2) is 53.6 Å². The Morgan fingerprint density at radius 1 is 0.966 bits per heavy atom. The molecule has 5 rings (SSSR count). The molecule has 0 fully saturated rings. The third-order valence-corrected chi connectivity index (χ3v) is 5.30. The number of nitrogens with zero attached hydrogens (tertiary/aromatic N) is 5. The van der Waals surface area contributed by atoms with Crippen LogP contribution >= 0.6 is 0 Å². The summed E-state index contributed by atoms with van der Waals surface area (Å²) in [6, 6.07) is 14.0. The van der Waals surface area contributed by atoms with E-state index in [1.54, 1.807) is 10.9 Å². The number of fused-ring (bicyclic) bond motifs is 4. The van der Waals surface area contributed by atoms with Crippen molar-refractivity contribution in [3.8, 4) is 5.69 Å². The van der Waals surface area contributed by atoms with Gasteiger partial charge in [-0.1, -0.05) is 31.2 Å². The highest BCUT2D eigenvalue weighted by atomic mass is 16.1. The molecule has 0 saturated carbocycles. The van der Waals surface area contributed by atoms with Gasteiger partial charge in [0, 0.05) is 6.54 Å². The maximum Gasteiger partial charge on any atom is 0.265 e. The van der Waals surface area contributed by atoms with E-state index in [0.717, 1.165) is 34.3 Å². The average molecular weight is 383 g/mol. The van der Waals surface area contributed by atoms with E-state index in [9.17, 15) is 4.79 Å². The number of benzene rings is 2. The van der Waals surface area contributed by atoms with Gasteiger partial charge in [-0.2, -0.15) is 0 Å². The Kier molecular flexibility index (Phi) is 3.94. The van der Waals surface area contributed by atoms with Gasteiger partial charge in [0.25, 0.3) is 5.56 Å². The lowest BCUT2D eigenvalue weighted by Gasteiger charge is -2.11. The summed E-state index contributed by atoms with van der Waals surface area (Å²) in [6.07, 6.45) is 2.49. The van der Waals surface area contributed by atoms with Gasteiger partial charge in [-0.25, -0.2) is 15.0 Å². The lowest BCUT2D eigenvalue weighted by Crippen LogP contribution is -2.20. The highest BCUT2D eigenvalue weighted by Crippen LogP contribution is 2.29. The molecule has 0 aliphatic heterocycles. The highest BCUT2D eigenvalue weighted by molar-refractivity contribution is 6.05. The molecular formula is C23H21N5O. The van der Waals surface area contributed by atoms with Crippen molar-refractivity contribution in [1.29, 1.82) is 0 Å². The number of hydrogen-bond donors (Lipinski definition) is 0. The second-order valence-corrected chi connectivity index (χ2v) is 7.45. The molecule has 144 valence electrons. The largest absolute Gasteiger partial charge is 0.299 e. The molecule has 3 heterocycles. The van der Waals surface area contributed by atoms with Crippen LogP contribution in [-0.4, -0.2) is 24.1 Å². The number of aromatic nitrogens is 5. The fourth-order valence-corrected chi connectivity index (χ4v) is 3.86. The Morgan fingerprint density at radius 3 is 2.48 bits per heavy atom. The molecule has 0 N–H and O–H groups in total. The van der Waals surface area contributed by atoms with Crippen molar-refractivity contribution in [1.82, 2.24) is 24.1 Å². The Morgan fingerprint density at radius 2 is 1.72 bits per heavy atom. The first-order valence-corrected chi connectivity index (χ1v) is 9.82. The second kappa shape index (κ2) is 6.51. The summed E-state index contributed by atoms with van der Waals surface area (Å²) < 4.78 is 3.64. The first kappa shape index (κ1) is 17.6. The van der Waals surface area contributed by atoms with Gasteiger partial charge in [-0.05, 0) is 49.6 Å². The third kappa shape index (κ3) is 2.63. The van der Waals surface area contributed by atoms with E-state index < -0.39 is 0 Å². The molecule has 0 aliphatic rings. The smallest absolute Gasteiger partial charge is 0.265 e. The average Bonchev–Trinajstić information content (AvgIpc) is 3.04. The van der Waals surface area contributed by atoms with Crippen LogP contribution in [0.2, 0.25) is 0 Å². The lowest BCUT2D eigenvalue weighted by molar-refractivity contribution is 0.647. The first-order valence-electron chi connectivity index (χ1n) is 9.82. The molecular weight excluding hydrogens is 362 g/mol. The van der Waals surface area contributed by atoms with Crippen LogP contribution in [-0.2, 0) is 6.54 Å². The normalized spacial score (nSPS) is 11.7. The molecule has 0 radical (unpaired) electrons. The first-order chi connectivity index (χ1) is 14.1. The molecule has 0 saturated heterocycles. The van der Waals surface area contributed by atoms with E-state index >= 15 is 0 Å². The Bertz CT molecular complexity index is 1460. The van der Waals surface area contributed by atoms with E-state index in [1.165, 1.54) is 0 Å². The maximum atomic E-state index is 13.3. The predicted octanol–water partition coefficient (Wildman–Crippen LogP) is 4.31. The Labute approximate surface area is 167 Å². The standard InChI is InChI=1S/C23H21N5O/c1-4-11-27-13-24-21-19(23(27)29)20-22(26-17-8-6-5-7-16(17)25-20)28(21)18-12-14(2)9-10-15(18)3/h5-10,12-13H,4,11H2,1-3H3. The molecule has 0 spiro atoms. The quantitative estimate of drug-likeness (QED) is 0.466. The fraction of sp³-hybridized carbons (Fsp3) is 0.217. The van der Waals surface area contributed by atoms with Crippen LogP contribution in [0, 0.1) is 13.8 Å². The van der Waals surface area contributed by atoms with Gasteiger partial charge in [0.2, 0.25) is 0 Å². The number of aryl methyl sites for hydroxylation is 3. The number of hydrogen-bond acceptors (Lipinski definition) is 4. The van der Waals surface area contributed by atoms with E-state index in [2.05, 4.69) is 37.0 Å². The van der Waals surface area contributed by atoms with E-state index in [1.807, 2.05) is 35.8 Å². The molecule has 2 aromatic carbocycles. The Hall–Kier alpha value is -3.54. The van der Waals surface area contributed by atoms with Crippen molar-refractivity contribution < 1.29 is 0 Å². The number of rotatable bonds is 3. The predicted molar refractivity (Wildman–Crippen MR) is 116 cm³/mol. The van der Waals surface area contributed by atoms with Crippen LogP contribution in [0.4, 0.5) is 0 Å². The molecule has 0 unspecified atom stereocenters. The van der Waals surface area contributed by atoms with Crippen LogP contribution in [0.25, 0.3) is 38.9 Å². The van der Waals surface area contributed by atoms with E-state index in [4.69, 9.17) is 9.97 Å². The van der Waals surface area contributed by atoms with Gasteiger partial charge >= 0.3 is 0 Å². The van der Waals surface area contributed by atoms with Crippen LogP contribution < -0.4 is 5.56 Å². The van der Waals surface area contributed by atoms with Crippen molar-refractivity contribution in [2.45, 2.75) is 33.7 Å². The summed E-state index contributed by atoms with van der Waals surface area (Å²) in [5, 5.41) is 0.523. The molecule has 29 heavy (non-hydrogen) atoms. The number of para-hydroxylation sites is 2. The molecule has 0 bridgehead atoms. The zero-order valence-electron chi connectivity index (χ0n) is 16.7. The van der Waals surface area contributed by atoms with Crippen molar-refractivity contribution in [2.75, 3.05) is 0 Å². The van der Waals surface area contributed by atoms with Gasteiger partial charge in [0.15, 0.2) is 11.3 Å². The Balaban J connectivity index is 2.02. The summed E-state index contributed by atoms with van der Waals surface area (Å²) in [4.78, 5) is 27.7. The van der Waals surface area contributed by atoms with Gasteiger partial charge < -0.3 is 0 Å². The van der Waals surface area contributed by atoms with E-state index in [0.29, 0.717) is 28.7 Å². The SMILES string of the molecule is CCCn1cnc2c(c1=O)c1nc3ccccc3nc1n2-c1cc(C)ccc1C. The minimum Gasteiger partial charge on any atom is -0.299 e. The summed E-state index contributed by atoms with van der Waals surface area (Å²) in [6.45, 7) is 6.78. The lowest BCUT2D eigenvalue weighted by atomic mass is 10.1. The monoisotopic (exact) mass is 383 g/mol. The van der Waals surface area contributed by atoms with Crippen molar-refractivity contribution in [2.24, 2.45) is 0 Å². The van der Waals surface area contributed by atoms with Crippen LogP contribution in [0.3, 0.4) is 0 Å². The van der Waals surface area contributed by atoms with Gasteiger partial charge in [0.1, 0.15) is 10.9 Å². The van der Waals surface area contributed by atoms with Gasteiger partial charge in [0.05, 0.1) is 23.0 Å². The maximum absolute atomic E-state index is 13.3. The van der Waals surface area contributed by atoms with Crippen molar-refractivity contribution >= 4 is 33.2 Å². The molecule has 0 atom stereocenters. The van der Waals surface area contributed by atoms with Gasteiger partial charge in [-0.15, -0.1) is 0 Å². The summed E-state index contributed by atoms with van der Waals surface area (Å²) in [5.41, 5.74) is 6.53. The molecule has 6 heteroatoms. The van der Waals surface area contributed by atoms with Crippen LogP contribution in [0.5, 0.6) is 0 Å². The minimum absolute atomic E-state index is 0.0736. The van der Waals surface area contributed by atoms with Crippen LogP contribution in [0.1, 0.15) is 24.5 Å². The molecule has 5 aromatic rings. The molecule has 6 nitrogen and oxygen atoms in total.